The second-order valence-corrected chi connectivity index (χ2v) is 4.46. The fraction of sp³-hybridized carbons (Fsp3) is 0.909. The molecule has 3 atom stereocenters. The third-order valence-electron chi connectivity index (χ3n) is 3.75. The van der Waals surface area contributed by atoms with E-state index in [-0.39, 0.29) is 5.60 Å². The van der Waals surface area contributed by atoms with Gasteiger partial charge < -0.3 is 14.6 Å². The van der Waals surface area contributed by atoms with Crippen LogP contribution in [0.5, 0.6) is 0 Å². The highest BCUT2D eigenvalue weighted by atomic mass is 16.5. The largest absolute Gasteiger partial charge is 0.479 e. The Labute approximate surface area is 89.6 Å². The van der Waals surface area contributed by atoms with Crippen LogP contribution in [-0.2, 0) is 14.3 Å². The van der Waals surface area contributed by atoms with E-state index < -0.39 is 12.1 Å². The van der Waals surface area contributed by atoms with Crippen LogP contribution in [0.1, 0.15) is 32.6 Å². The quantitative estimate of drug-likeness (QED) is 0.772. The lowest BCUT2D eigenvalue weighted by atomic mass is 9.82. The molecule has 0 spiro atoms. The fourth-order valence-electron chi connectivity index (χ4n) is 2.75. The zero-order valence-corrected chi connectivity index (χ0v) is 9.07. The van der Waals surface area contributed by atoms with E-state index in [0.29, 0.717) is 12.3 Å². The number of hydrogen-bond acceptors (Lipinski definition) is 3. The molecule has 86 valence electrons. The zero-order valence-electron chi connectivity index (χ0n) is 9.07. The molecular weight excluding hydrogens is 196 g/mol. The molecule has 0 saturated carbocycles. The van der Waals surface area contributed by atoms with E-state index in [1.54, 1.807) is 0 Å². The molecule has 2 rings (SSSR count). The van der Waals surface area contributed by atoms with Crippen LogP contribution in [0.4, 0.5) is 0 Å². The molecule has 4 nitrogen and oxygen atoms in total. The van der Waals surface area contributed by atoms with Gasteiger partial charge in [0.05, 0.1) is 12.2 Å². The molecule has 0 aromatic carbocycles. The van der Waals surface area contributed by atoms with Gasteiger partial charge in [0.2, 0.25) is 0 Å². The number of ether oxygens (including phenoxy) is 2. The molecular formula is C11H18O4. The van der Waals surface area contributed by atoms with E-state index in [0.717, 1.165) is 32.5 Å². The van der Waals surface area contributed by atoms with Crippen molar-refractivity contribution in [1.29, 1.82) is 0 Å². The minimum absolute atomic E-state index is 0.237. The Bertz CT molecular complexity index is 247. The van der Waals surface area contributed by atoms with Gasteiger partial charge in [-0.2, -0.15) is 0 Å². The van der Waals surface area contributed by atoms with E-state index in [4.69, 9.17) is 14.6 Å². The second-order valence-electron chi connectivity index (χ2n) is 4.46. The molecule has 2 aliphatic rings. The van der Waals surface area contributed by atoms with Crippen LogP contribution >= 0.6 is 0 Å². The van der Waals surface area contributed by atoms with Gasteiger partial charge in [-0.25, -0.2) is 4.79 Å². The van der Waals surface area contributed by atoms with E-state index in [9.17, 15) is 4.79 Å². The van der Waals surface area contributed by atoms with Crippen molar-refractivity contribution in [3.63, 3.8) is 0 Å². The SMILES string of the molecule is CCC1(C2CCOC2)CCC(C(=O)O)O1. The highest BCUT2D eigenvalue weighted by Crippen LogP contribution is 2.42. The van der Waals surface area contributed by atoms with Gasteiger partial charge in [0.1, 0.15) is 0 Å². The highest BCUT2D eigenvalue weighted by molar-refractivity contribution is 5.72. The maximum absolute atomic E-state index is 10.9. The molecule has 4 heteroatoms. The van der Waals surface area contributed by atoms with E-state index in [2.05, 4.69) is 6.92 Å². The van der Waals surface area contributed by atoms with Crippen LogP contribution in [0.3, 0.4) is 0 Å². The van der Waals surface area contributed by atoms with E-state index >= 15 is 0 Å². The Morgan fingerprint density at radius 2 is 2.33 bits per heavy atom. The summed E-state index contributed by atoms with van der Waals surface area (Å²) in [6.45, 7) is 3.58. The Balaban J connectivity index is 2.06. The molecule has 3 unspecified atom stereocenters. The van der Waals surface area contributed by atoms with E-state index in [1.165, 1.54) is 0 Å². The van der Waals surface area contributed by atoms with Crippen molar-refractivity contribution in [3.8, 4) is 0 Å². The van der Waals surface area contributed by atoms with Crippen molar-refractivity contribution in [2.24, 2.45) is 5.92 Å². The van der Waals surface area contributed by atoms with Gasteiger partial charge in [-0.3, -0.25) is 0 Å². The predicted octanol–water partition coefficient (Wildman–Crippen LogP) is 1.44. The number of carboxylic acids is 1. The minimum atomic E-state index is -0.829. The van der Waals surface area contributed by atoms with Gasteiger partial charge in [0.25, 0.3) is 0 Å². The predicted molar refractivity (Wildman–Crippen MR) is 53.7 cm³/mol. The number of carbonyl (C=O) groups is 1. The number of rotatable bonds is 3. The molecule has 0 bridgehead atoms. The van der Waals surface area contributed by atoms with Crippen LogP contribution in [-0.4, -0.2) is 36.0 Å². The smallest absolute Gasteiger partial charge is 0.332 e. The lowest BCUT2D eigenvalue weighted by Gasteiger charge is -2.33. The van der Waals surface area contributed by atoms with Crippen LogP contribution in [0.15, 0.2) is 0 Å². The van der Waals surface area contributed by atoms with Gasteiger partial charge >= 0.3 is 5.97 Å². The molecule has 0 radical (unpaired) electrons. The Hall–Kier alpha value is -0.610. The van der Waals surface area contributed by atoms with Crippen LogP contribution in [0.25, 0.3) is 0 Å². The molecule has 0 aromatic heterocycles. The van der Waals surface area contributed by atoms with Crippen molar-refractivity contribution in [1.82, 2.24) is 0 Å². The summed E-state index contributed by atoms with van der Waals surface area (Å²) in [4.78, 5) is 10.9. The summed E-state index contributed by atoms with van der Waals surface area (Å²) >= 11 is 0. The summed E-state index contributed by atoms with van der Waals surface area (Å²) < 4.78 is 11.1. The van der Waals surface area contributed by atoms with Gasteiger partial charge in [-0.05, 0) is 25.7 Å². The molecule has 0 aliphatic carbocycles. The summed E-state index contributed by atoms with van der Waals surface area (Å²) in [6.07, 6.45) is 2.77. The summed E-state index contributed by atoms with van der Waals surface area (Å²) in [5.41, 5.74) is -0.237. The van der Waals surface area contributed by atoms with E-state index in [1.807, 2.05) is 0 Å². The molecule has 2 saturated heterocycles. The van der Waals surface area contributed by atoms with Gasteiger partial charge in [0.15, 0.2) is 6.10 Å². The normalized spacial score (nSPS) is 40.9. The zero-order chi connectivity index (χ0) is 10.9. The molecule has 2 aliphatic heterocycles. The van der Waals surface area contributed by atoms with Crippen LogP contribution < -0.4 is 0 Å². The Morgan fingerprint density at radius 1 is 1.53 bits per heavy atom. The molecule has 2 heterocycles. The summed E-state index contributed by atoms with van der Waals surface area (Å²) in [5, 5.41) is 8.93. The van der Waals surface area contributed by atoms with Crippen molar-refractivity contribution in [2.45, 2.75) is 44.3 Å². The maximum Gasteiger partial charge on any atom is 0.332 e. The van der Waals surface area contributed by atoms with Gasteiger partial charge in [0, 0.05) is 12.5 Å². The Kier molecular flexibility index (Phi) is 2.98. The average molecular weight is 214 g/mol. The maximum atomic E-state index is 10.9. The third kappa shape index (κ3) is 1.88. The first-order chi connectivity index (χ1) is 7.18. The van der Waals surface area contributed by atoms with Crippen molar-refractivity contribution in [2.75, 3.05) is 13.2 Å². The lowest BCUT2D eigenvalue weighted by molar-refractivity contribution is -0.158. The molecule has 2 fully saturated rings. The molecule has 0 amide bonds. The molecule has 0 aromatic rings. The average Bonchev–Trinajstić information content (AvgIpc) is 2.87. The highest BCUT2D eigenvalue weighted by Gasteiger charge is 2.48. The molecule has 15 heavy (non-hydrogen) atoms. The monoisotopic (exact) mass is 214 g/mol. The lowest BCUT2D eigenvalue weighted by Crippen LogP contribution is -2.39. The van der Waals surface area contributed by atoms with Crippen LogP contribution in [0.2, 0.25) is 0 Å². The first kappa shape index (κ1) is 10.9. The first-order valence-corrected chi connectivity index (χ1v) is 5.66. The van der Waals surface area contributed by atoms with Gasteiger partial charge in [-0.15, -0.1) is 0 Å². The van der Waals surface area contributed by atoms with Crippen molar-refractivity contribution >= 4 is 5.97 Å². The first-order valence-electron chi connectivity index (χ1n) is 5.66. The van der Waals surface area contributed by atoms with Crippen molar-refractivity contribution < 1.29 is 19.4 Å². The summed E-state index contributed by atoms with van der Waals surface area (Å²) in [5.74, 6) is -0.448. The Morgan fingerprint density at radius 3 is 2.80 bits per heavy atom. The topological polar surface area (TPSA) is 55.8 Å². The third-order valence-corrected chi connectivity index (χ3v) is 3.75. The number of carboxylic acid groups (broad SMARTS) is 1. The standard InChI is InChI=1S/C11H18O4/c1-2-11(8-4-6-14-7-8)5-3-9(15-11)10(12)13/h8-9H,2-7H2,1H3,(H,12,13). The van der Waals surface area contributed by atoms with Gasteiger partial charge in [-0.1, -0.05) is 6.92 Å². The van der Waals surface area contributed by atoms with Crippen molar-refractivity contribution in [3.05, 3.63) is 0 Å². The van der Waals surface area contributed by atoms with Crippen LogP contribution in [0, 0.1) is 5.92 Å². The number of aliphatic carboxylic acids is 1. The summed E-state index contributed by atoms with van der Waals surface area (Å²) in [6, 6.07) is 0. The second kappa shape index (κ2) is 4.10. The number of hydrogen-bond donors (Lipinski definition) is 1. The fourth-order valence-corrected chi connectivity index (χ4v) is 2.75. The summed E-state index contributed by atoms with van der Waals surface area (Å²) in [7, 11) is 0. The minimum Gasteiger partial charge on any atom is -0.479 e. The molecule has 1 N–H and O–H groups in total.